The number of benzene rings is 2. The van der Waals surface area contributed by atoms with Gasteiger partial charge in [-0.2, -0.15) is 0 Å². The Morgan fingerprint density at radius 2 is 1.79 bits per heavy atom. The first kappa shape index (κ1) is 23.5. The Kier molecular flexibility index (Phi) is 8.34. The summed E-state index contributed by atoms with van der Waals surface area (Å²) in [6.07, 6.45) is 0.647. The SMILES string of the molecule is CC(C)c1ccc(NC(=O)OC2(N)CCN(Cc3ccccc3Cl)CC2)cc1.Cl. The molecular formula is C22H29Cl2N3O2. The van der Waals surface area contributed by atoms with E-state index in [2.05, 4.69) is 24.1 Å². The van der Waals surface area contributed by atoms with Crippen molar-refractivity contribution in [3.05, 3.63) is 64.7 Å². The van der Waals surface area contributed by atoms with Crippen LogP contribution in [0.1, 0.15) is 43.7 Å². The first-order valence-electron chi connectivity index (χ1n) is 9.69. The Morgan fingerprint density at radius 3 is 2.38 bits per heavy atom. The third kappa shape index (κ3) is 6.61. The van der Waals surface area contributed by atoms with Crippen LogP contribution in [0.3, 0.4) is 0 Å². The van der Waals surface area contributed by atoms with Crippen molar-refractivity contribution in [2.24, 2.45) is 5.73 Å². The molecule has 0 unspecified atom stereocenters. The first-order valence-corrected chi connectivity index (χ1v) is 10.1. The molecule has 7 heteroatoms. The summed E-state index contributed by atoms with van der Waals surface area (Å²) in [4.78, 5) is 14.6. The van der Waals surface area contributed by atoms with E-state index in [1.165, 1.54) is 5.56 Å². The van der Waals surface area contributed by atoms with Crippen LogP contribution in [0.25, 0.3) is 0 Å². The van der Waals surface area contributed by atoms with Crippen LogP contribution in [0, 0.1) is 0 Å². The van der Waals surface area contributed by atoms with E-state index in [9.17, 15) is 4.79 Å². The molecule has 1 aliphatic rings. The van der Waals surface area contributed by atoms with Crippen LogP contribution in [0.2, 0.25) is 5.02 Å². The lowest BCUT2D eigenvalue weighted by molar-refractivity contribution is -0.0268. The number of halogens is 2. The summed E-state index contributed by atoms with van der Waals surface area (Å²) >= 11 is 6.24. The minimum Gasteiger partial charge on any atom is -0.428 e. The Balaban J connectivity index is 0.00000300. The van der Waals surface area contributed by atoms with E-state index in [0.717, 1.165) is 30.2 Å². The molecule has 1 fully saturated rings. The molecule has 0 atom stereocenters. The molecule has 0 radical (unpaired) electrons. The zero-order chi connectivity index (χ0) is 20.1. The van der Waals surface area contributed by atoms with Gasteiger partial charge in [0.2, 0.25) is 0 Å². The van der Waals surface area contributed by atoms with E-state index in [4.69, 9.17) is 22.1 Å². The monoisotopic (exact) mass is 437 g/mol. The lowest BCUT2D eigenvalue weighted by atomic mass is 10.0. The Bertz CT molecular complexity index is 804. The van der Waals surface area contributed by atoms with Crippen molar-refractivity contribution < 1.29 is 9.53 Å². The van der Waals surface area contributed by atoms with Crippen molar-refractivity contribution in [2.75, 3.05) is 18.4 Å². The summed E-state index contributed by atoms with van der Waals surface area (Å²) in [5.41, 5.74) is 8.40. The number of ether oxygens (including phenoxy) is 1. The summed E-state index contributed by atoms with van der Waals surface area (Å²) < 4.78 is 5.56. The third-order valence-corrected chi connectivity index (χ3v) is 5.54. The van der Waals surface area contributed by atoms with Gasteiger partial charge in [-0.3, -0.25) is 16.0 Å². The largest absolute Gasteiger partial charge is 0.428 e. The number of rotatable bonds is 5. The highest BCUT2D eigenvalue weighted by Gasteiger charge is 2.34. The van der Waals surface area contributed by atoms with Gasteiger partial charge in [0.1, 0.15) is 0 Å². The summed E-state index contributed by atoms with van der Waals surface area (Å²) in [7, 11) is 0. The molecule has 29 heavy (non-hydrogen) atoms. The molecule has 3 rings (SSSR count). The molecule has 3 N–H and O–H groups in total. The zero-order valence-electron chi connectivity index (χ0n) is 16.9. The van der Waals surface area contributed by atoms with E-state index < -0.39 is 11.8 Å². The second-order valence-corrected chi connectivity index (χ2v) is 8.13. The molecule has 1 aliphatic heterocycles. The number of anilines is 1. The van der Waals surface area contributed by atoms with E-state index in [0.29, 0.717) is 24.4 Å². The molecule has 0 saturated carbocycles. The molecule has 2 aromatic rings. The van der Waals surface area contributed by atoms with Crippen molar-refractivity contribution >= 4 is 35.8 Å². The molecule has 1 saturated heterocycles. The van der Waals surface area contributed by atoms with E-state index in [-0.39, 0.29) is 12.4 Å². The Morgan fingerprint density at radius 1 is 1.17 bits per heavy atom. The van der Waals surface area contributed by atoms with Crippen LogP contribution in [0.5, 0.6) is 0 Å². The van der Waals surface area contributed by atoms with E-state index in [1.54, 1.807) is 0 Å². The topological polar surface area (TPSA) is 67.6 Å². The smallest absolute Gasteiger partial charge is 0.413 e. The maximum Gasteiger partial charge on any atom is 0.413 e. The summed E-state index contributed by atoms with van der Waals surface area (Å²) in [6.45, 7) is 6.53. The van der Waals surface area contributed by atoms with Gasteiger partial charge in [0, 0.05) is 43.2 Å². The van der Waals surface area contributed by atoms with Crippen molar-refractivity contribution in [3.63, 3.8) is 0 Å². The Hall–Kier alpha value is -1.79. The highest BCUT2D eigenvalue weighted by atomic mass is 35.5. The molecule has 5 nitrogen and oxygen atoms in total. The first-order chi connectivity index (χ1) is 13.3. The molecule has 0 bridgehead atoms. The van der Waals surface area contributed by atoms with Crippen LogP contribution in [-0.4, -0.2) is 29.8 Å². The lowest BCUT2D eigenvalue weighted by Gasteiger charge is -2.38. The number of nitrogens with one attached hydrogen (secondary N) is 1. The van der Waals surface area contributed by atoms with Crippen molar-refractivity contribution in [2.45, 2.75) is 44.9 Å². The normalized spacial score (nSPS) is 16.2. The highest BCUT2D eigenvalue weighted by molar-refractivity contribution is 6.31. The van der Waals surface area contributed by atoms with Crippen LogP contribution in [0.15, 0.2) is 48.5 Å². The van der Waals surface area contributed by atoms with Gasteiger partial charge in [-0.1, -0.05) is 55.8 Å². The van der Waals surface area contributed by atoms with Crippen molar-refractivity contribution in [3.8, 4) is 0 Å². The number of amides is 1. The molecule has 1 heterocycles. The average molecular weight is 438 g/mol. The Labute approximate surface area is 184 Å². The number of hydrogen-bond acceptors (Lipinski definition) is 4. The molecule has 1 amide bonds. The van der Waals surface area contributed by atoms with Crippen LogP contribution >= 0.6 is 24.0 Å². The van der Waals surface area contributed by atoms with Crippen molar-refractivity contribution in [1.29, 1.82) is 0 Å². The summed E-state index contributed by atoms with van der Waals surface area (Å²) in [6, 6.07) is 15.6. The van der Waals surface area contributed by atoms with Gasteiger partial charge in [-0.15, -0.1) is 12.4 Å². The predicted molar refractivity (Wildman–Crippen MR) is 121 cm³/mol. The van der Waals surface area contributed by atoms with Gasteiger partial charge >= 0.3 is 6.09 Å². The molecule has 158 valence electrons. The molecule has 2 aromatic carbocycles. The van der Waals surface area contributed by atoms with Gasteiger partial charge in [0.15, 0.2) is 5.72 Å². The van der Waals surface area contributed by atoms with Gasteiger partial charge in [-0.25, -0.2) is 4.79 Å². The van der Waals surface area contributed by atoms with Crippen LogP contribution in [-0.2, 0) is 11.3 Å². The molecular weight excluding hydrogens is 409 g/mol. The van der Waals surface area contributed by atoms with Gasteiger partial charge < -0.3 is 4.74 Å². The number of carbonyl (C=O) groups is 1. The highest BCUT2D eigenvalue weighted by Crippen LogP contribution is 2.25. The maximum atomic E-state index is 12.3. The van der Waals surface area contributed by atoms with Gasteiger partial charge in [0.25, 0.3) is 0 Å². The standard InChI is InChI=1S/C22H28ClN3O2.ClH/c1-16(2)17-7-9-19(10-8-17)25-21(27)28-22(24)11-13-26(14-12-22)15-18-5-3-4-6-20(18)23;/h3-10,16H,11-15,24H2,1-2H3,(H,25,27);1H. The fourth-order valence-corrected chi connectivity index (χ4v) is 3.53. The molecule has 0 aromatic heterocycles. The second-order valence-electron chi connectivity index (χ2n) is 7.72. The fraction of sp³-hybridized carbons (Fsp3) is 0.409. The number of nitrogens with zero attached hydrogens (tertiary/aromatic N) is 1. The fourth-order valence-electron chi connectivity index (χ4n) is 3.34. The summed E-state index contributed by atoms with van der Waals surface area (Å²) in [5, 5.41) is 3.54. The van der Waals surface area contributed by atoms with Crippen LogP contribution in [0.4, 0.5) is 10.5 Å². The zero-order valence-corrected chi connectivity index (χ0v) is 18.4. The quantitative estimate of drug-likeness (QED) is 0.615. The average Bonchev–Trinajstić information content (AvgIpc) is 2.65. The number of likely N-dealkylation sites (tertiary alicyclic amines) is 1. The van der Waals surface area contributed by atoms with Gasteiger partial charge in [0.05, 0.1) is 0 Å². The van der Waals surface area contributed by atoms with Crippen LogP contribution < -0.4 is 11.1 Å². The third-order valence-electron chi connectivity index (χ3n) is 5.17. The molecule has 0 spiro atoms. The van der Waals surface area contributed by atoms with E-state index in [1.807, 2.05) is 48.5 Å². The maximum absolute atomic E-state index is 12.3. The second kappa shape index (κ2) is 10.3. The molecule has 0 aliphatic carbocycles. The minimum absolute atomic E-state index is 0. The number of nitrogens with two attached hydrogens (primary N) is 1. The van der Waals surface area contributed by atoms with Gasteiger partial charge in [-0.05, 0) is 35.2 Å². The van der Waals surface area contributed by atoms with E-state index >= 15 is 0 Å². The summed E-state index contributed by atoms with van der Waals surface area (Å²) in [5.74, 6) is 0.448. The number of carbonyl (C=O) groups excluding carboxylic acids is 1. The minimum atomic E-state index is -0.945. The lowest BCUT2D eigenvalue weighted by Crippen LogP contribution is -2.53. The number of piperidine rings is 1. The predicted octanol–water partition coefficient (Wildman–Crippen LogP) is 5.38. The van der Waals surface area contributed by atoms with Crippen molar-refractivity contribution in [1.82, 2.24) is 4.90 Å². The number of hydrogen-bond donors (Lipinski definition) is 2.